The summed E-state index contributed by atoms with van der Waals surface area (Å²) in [5, 5.41) is 0.659. The van der Waals surface area contributed by atoms with Crippen LogP contribution in [0.3, 0.4) is 0 Å². The molecule has 0 spiro atoms. The van der Waals surface area contributed by atoms with E-state index in [1.54, 1.807) is 43.5 Å². The molecule has 0 saturated carbocycles. The van der Waals surface area contributed by atoms with Crippen molar-refractivity contribution in [2.24, 2.45) is 0 Å². The van der Waals surface area contributed by atoms with Crippen LogP contribution in [0.4, 0.5) is 0 Å². The predicted molar refractivity (Wildman–Crippen MR) is 132 cm³/mol. The van der Waals surface area contributed by atoms with Gasteiger partial charge in [-0.05, 0) is 83.6 Å². The maximum atomic E-state index is 12.5. The summed E-state index contributed by atoms with van der Waals surface area (Å²) in [7, 11) is 1.59. The monoisotopic (exact) mass is 548 g/mol. The summed E-state index contributed by atoms with van der Waals surface area (Å²) in [5.74, 6) is 1.90. The van der Waals surface area contributed by atoms with Crippen molar-refractivity contribution in [1.29, 1.82) is 0 Å². The SMILES string of the molecule is CCOc1cc(/C=C/C(=O)c2ccc(OC)cc2)cc(I)c1OCc1ccccc1Cl. The highest BCUT2D eigenvalue weighted by atomic mass is 127. The lowest BCUT2D eigenvalue weighted by Crippen LogP contribution is -2.02. The molecular weight excluding hydrogens is 527 g/mol. The third-order valence-electron chi connectivity index (χ3n) is 4.46. The summed E-state index contributed by atoms with van der Waals surface area (Å²) < 4.78 is 17.8. The molecular formula is C25H22ClIO4. The Hall–Kier alpha value is -2.51. The summed E-state index contributed by atoms with van der Waals surface area (Å²) in [6.45, 7) is 2.75. The number of hydrogen-bond acceptors (Lipinski definition) is 4. The second-order valence-electron chi connectivity index (χ2n) is 6.57. The number of benzene rings is 3. The van der Waals surface area contributed by atoms with Crippen LogP contribution in [0.1, 0.15) is 28.4 Å². The van der Waals surface area contributed by atoms with Crippen molar-refractivity contribution in [2.75, 3.05) is 13.7 Å². The van der Waals surface area contributed by atoms with E-state index in [2.05, 4.69) is 22.6 Å². The second-order valence-corrected chi connectivity index (χ2v) is 8.14. The first-order valence-corrected chi connectivity index (χ1v) is 11.2. The van der Waals surface area contributed by atoms with Gasteiger partial charge in [0.25, 0.3) is 0 Å². The van der Waals surface area contributed by atoms with E-state index in [1.165, 1.54) is 0 Å². The van der Waals surface area contributed by atoms with Gasteiger partial charge in [0.15, 0.2) is 17.3 Å². The van der Waals surface area contributed by atoms with E-state index in [0.29, 0.717) is 41.0 Å². The lowest BCUT2D eigenvalue weighted by Gasteiger charge is -2.15. The van der Waals surface area contributed by atoms with Crippen LogP contribution in [-0.4, -0.2) is 19.5 Å². The molecule has 3 rings (SSSR count). The van der Waals surface area contributed by atoms with Gasteiger partial charge in [0.05, 0.1) is 17.3 Å². The first kappa shape index (κ1) is 23.2. The quantitative estimate of drug-likeness (QED) is 0.167. The molecule has 3 aromatic carbocycles. The van der Waals surface area contributed by atoms with Gasteiger partial charge < -0.3 is 14.2 Å². The third-order valence-corrected chi connectivity index (χ3v) is 5.63. The molecule has 0 aromatic heterocycles. The van der Waals surface area contributed by atoms with E-state index in [0.717, 1.165) is 14.7 Å². The van der Waals surface area contributed by atoms with Crippen LogP contribution in [-0.2, 0) is 6.61 Å². The van der Waals surface area contributed by atoms with Crippen molar-refractivity contribution in [2.45, 2.75) is 13.5 Å². The zero-order chi connectivity index (χ0) is 22.2. The standard InChI is InChI=1S/C25H22ClIO4/c1-3-30-24-15-17(8-13-23(28)18-9-11-20(29-2)12-10-18)14-22(27)25(24)31-16-19-6-4-5-7-21(19)26/h4-15H,3,16H2,1-2H3/b13-8+. The molecule has 0 N–H and O–H groups in total. The van der Waals surface area contributed by atoms with E-state index in [4.69, 9.17) is 25.8 Å². The van der Waals surface area contributed by atoms with Crippen molar-refractivity contribution in [3.05, 3.63) is 92.0 Å². The summed E-state index contributed by atoms with van der Waals surface area (Å²) in [4.78, 5) is 12.5. The smallest absolute Gasteiger partial charge is 0.185 e. The fourth-order valence-electron chi connectivity index (χ4n) is 2.88. The van der Waals surface area contributed by atoms with Crippen LogP contribution < -0.4 is 14.2 Å². The van der Waals surface area contributed by atoms with Crippen molar-refractivity contribution < 1.29 is 19.0 Å². The van der Waals surface area contributed by atoms with Crippen molar-refractivity contribution >= 4 is 46.1 Å². The summed E-state index contributed by atoms with van der Waals surface area (Å²) in [6.07, 6.45) is 3.32. The topological polar surface area (TPSA) is 44.8 Å². The van der Waals surface area contributed by atoms with E-state index in [9.17, 15) is 4.79 Å². The van der Waals surface area contributed by atoms with E-state index in [-0.39, 0.29) is 5.78 Å². The highest BCUT2D eigenvalue weighted by Crippen LogP contribution is 2.35. The molecule has 0 bridgehead atoms. The Morgan fingerprint density at radius 2 is 1.81 bits per heavy atom. The third kappa shape index (κ3) is 6.24. The maximum absolute atomic E-state index is 12.5. The Balaban J connectivity index is 1.79. The van der Waals surface area contributed by atoms with Crippen molar-refractivity contribution in [3.63, 3.8) is 0 Å². The summed E-state index contributed by atoms with van der Waals surface area (Å²) >= 11 is 8.44. The van der Waals surface area contributed by atoms with Gasteiger partial charge in [-0.3, -0.25) is 4.79 Å². The maximum Gasteiger partial charge on any atom is 0.185 e. The Kier molecular flexibility index (Phi) is 8.37. The number of carbonyl (C=O) groups excluding carboxylic acids is 1. The second kappa shape index (κ2) is 11.2. The first-order valence-electron chi connectivity index (χ1n) is 9.70. The lowest BCUT2D eigenvalue weighted by molar-refractivity contribution is 0.104. The highest BCUT2D eigenvalue weighted by Gasteiger charge is 2.13. The average molecular weight is 549 g/mol. The van der Waals surface area contributed by atoms with Gasteiger partial charge in [-0.15, -0.1) is 0 Å². The molecule has 0 heterocycles. The van der Waals surface area contributed by atoms with Crippen molar-refractivity contribution in [1.82, 2.24) is 0 Å². The van der Waals surface area contributed by atoms with Gasteiger partial charge in [0.1, 0.15) is 12.4 Å². The molecule has 0 radical (unpaired) electrons. The normalized spacial score (nSPS) is 10.8. The number of methoxy groups -OCH3 is 1. The highest BCUT2D eigenvalue weighted by molar-refractivity contribution is 14.1. The first-order chi connectivity index (χ1) is 15.0. The van der Waals surface area contributed by atoms with Gasteiger partial charge >= 0.3 is 0 Å². The van der Waals surface area contributed by atoms with Gasteiger partial charge in [0, 0.05) is 16.1 Å². The minimum absolute atomic E-state index is 0.0883. The van der Waals surface area contributed by atoms with Gasteiger partial charge in [-0.1, -0.05) is 35.9 Å². The lowest BCUT2D eigenvalue weighted by atomic mass is 10.1. The molecule has 6 heteroatoms. The molecule has 0 aliphatic rings. The van der Waals surface area contributed by atoms with Gasteiger partial charge in [-0.25, -0.2) is 0 Å². The molecule has 0 amide bonds. The number of ether oxygens (including phenoxy) is 3. The molecule has 4 nitrogen and oxygen atoms in total. The zero-order valence-corrected chi connectivity index (χ0v) is 20.1. The Labute approximate surface area is 200 Å². The van der Waals surface area contributed by atoms with Gasteiger partial charge in [0.2, 0.25) is 0 Å². The fourth-order valence-corrected chi connectivity index (χ4v) is 3.85. The van der Waals surface area contributed by atoms with Crippen LogP contribution >= 0.6 is 34.2 Å². The number of hydrogen-bond donors (Lipinski definition) is 0. The molecule has 160 valence electrons. The number of carbonyl (C=O) groups is 1. The van der Waals surface area contributed by atoms with Crippen LogP contribution in [0.5, 0.6) is 17.2 Å². The van der Waals surface area contributed by atoms with E-state index >= 15 is 0 Å². The molecule has 0 fully saturated rings. The summed E-state index contributed by atoms with van der Waals surface area (Å²) in [5.41, 5.74) is 2.34. The number of rotatable bonds is 9. The Bertz CT molecular complexity index is 1080. The van der Waals surface area contributed by atoms with Crippen LogP contribution in [0.25, 0.3) is 6.08 Å². The molecule has 0 saturated heterocycles. The molecule has 0 atom stereocenters. The largest absolute Gasteiger partial charge is 0.497 e. The fraction of sp³-hybridized carbons (Fsp3) is 0.160. The molecule has 0 aliphatic heterocycles. The Morgan fingerprint density at radius 1 is 1.06 bits per heavy atom. The average Bonchev–Trinajstić information content (AvgIpc) is 2.78. The van der Waals surface area contributed by atoms with E-state index in [1.807, 2.05) is 43.3 Å². The predicted octanol–water partition coefficient (Wildman–Crippen LogP) is 6.83. The zero-order valence-electron chi connectivity index (χ0n) is 17.2. The van der Waals surface area contributed by atoms with Crippen molar-refractivity contribution in [3.8, 4) is 17.2 Å². The minimum Gasteiger partial charge on any atom is -0.497 e. The van der Waals surface area contributed by atoms with Crippen LogP contribution in [0.2, 0.25) is 5.02 Å². The molecule has 0 aliphatic carbocycles. The van der Waals surface area contributed by atoms with Crippen LogP contribution in [0, 0.1) is 3.57 Å². The number of halogens is 2. The van der Waals surface area contributed by atoms with E-state index < -0.39 is 0 Å². The molecule has 31 heavy (non-hydrogen) atoms. The molecule has 3 aromatic rings. The Morgan fingerprint density at radius 3 is 2.48 bits per heavy atom. The van der Waals surface area contributed by atoms with Gasteiger partial charge in [-0.2, -0.15) is 0 Å². The minimum atomic E-state index is -0.0883. The van der Waals surface area contributed by atoms with Crippen LogP contribution in [0.15, 0.2) is 66.7 Å². The number of ketones is 1. The number of allylic oxidation sites excluding steroid dienone is 1. The summed E-state index contributed by atoms with van der Waals surface area (Å²) in [6, 6.07) is 18.4. The molecule has 0 unspecified atom stereocenters.